The average Bonchev–Trinajstić information content (AvgIpc) is 2.61. The molecule has 4 heteroatoms. The van der Waals surface area contributed by atoms with E-state index in [0.29, 0.717) is 18.2 Å². The third-order valence-electron chi connectivity index (χ3n) is 4.41. The smallest absolute Gasteiger partial charge is 0.269 e. The second-order valence-corrected chi connectivity index (χ2v) is 6.72. The zero-order valence-electron chi connectivity index (χ0n) is 14.5. The Kier molecular flexibility index (Phi) is 5.14. The zero-order chi connectivity index (χ0) is 16.9. The number of carbonyl (C=O) groups is 1. The number of pyridine rings is 1. The van der Waals surface area contributed by atoms with Crippen molar-refractivity contribution in [2.45, 2.75) is 33.1 Å². The lowest BCUT2D eigenvalue weighted by atomic mass is 10.0. The summed E-state index contributed by atoms with van der Waals surface area (Å²) < 4.78 is 0. The van der Waals surface area contributed by atoms with Gasteiger partial charge in [-0.2, -0.15) is 0 Å². The van der Waals surface area contributed by atoms with E-state index in [0.717, 1.165) is 31.5 Å². The van der Waals surface area contributed by atoms with Crippen LogP contribution >= 0.6 is 0 Å². The lowest BCUT2D eigenvalue weighted by Crippen LogP contribution is -2.27. The van der Waals surface area contributed by atoms with Crippen LogP contribution in [0.3, 0.4) is 0 Å². The third-order valence-corrected chi connectivity index (χ3v) is 4.41. The molecule has 0 spiro atoms. The first-order valence-corrected chi connectivity index (χ1v) is 8.75. The molecule has 2 aromatic rings. The van der Waals surface area contributed by atoms with Crippen molar-refractivity contribution in [1.29, 1.82) is 0 Å². The summed E-state index contributed by atoms with van der Waals surface area (Å²) in [4.78, 5) is 18.8. The van der Waals surface area contributed by atoms with Crippen LogP contribution in [0, 0.1) is 5.92 Å². The van der Waals surface area contributed by atoms with Crippen LogP contribution in [-0.4, -0.2) is 24.0 Å². The minimum absolute atomic E-state index is 0.0946. The Balaban J connectivity index is 1.78. The van der Waals surface area contributed by atoms with Gasteiger partial charge in [0.2, 0.25) is 0 Å². The molecule has 0 radical (unpaired) electrons. The van der Waals surface area contributed by atoms with Crippen molar-refractivity contribution < 1.29 is 4.79 Å². The fourth-order valence-electron chi connectivity index (χ4n) is 3.08. The fraction of sp³-hybridized carbons (Fsp3) is 0.400. The lowest BCUT2D eigenvalue weighted by Gasteiger charge is -2.31. The summed E-state index contributed by atoms with van der Waals surface area (Å²) in [5.41, 5.74) is 4.12. The topological polar surface area (TPSA) is 45.2 Å². The standard InChI is InChI=1S/C20H25N3O/c1-15(2)9-11-22-20(24)18-14-17(10-12-21-18)23-13-5-7-16-6-3-4-8-19(16)23/h3-4,6,8,10,12,14-15H,5,7,9,11,13H2,1-2H3,(H,22,24). The van der Waals surface area contributed by atoms with Crippen molar-refractivity contribution in [3.63, 3.8) is 0 Å². The van der Waals surface area contributed by atoms with Gasteiger partial charge in [0, 0.05) is 30.7 Å². The predicted molar refractivity (Wildman–Crippen MR) is 97.8 cm³/mol. The Hall–Kier alpha value is -2.36. The summed E-state index contributed by atoms with van der Waals surface area (Å²) in [6.45, 7) is 5.96. The molecular weight excluding hydrogens is 298 g/mol. The number of hydrogen-bond donors (Lipinski definition) is 1. The van der Waals surface area contributed by atoms with Gasteiger partial charge >= 0.3 is 0 Å². The molecule has 0 atom stereocenters. The van der Waals surface area contributed by atoms with Gasteiger partial charge in [0.1, 0.15) is 5.69 Å². The minimum Gasteiger partial charge on any atom is -0.351 e. The maximum Gasteiger partial charge on any atom is 0.269 e. The Morgan fingerprint density at radius 3 is 2.96 bits per heavy atom. The molecule has 2 heterocycles. The van der Waals surface area contributed by atoms with Crippen LogP contribution in [0.1, 0.15) is 42.7 Å². The van der Waals surface area contributed by atoms with Gasteiger partial charge in [-0.05, 0) is 48.9 Å². The number of rotatable bonds is 5. The van der Waals surface area contributed by atoms with E-state index in [9.17, 15) is 4.79 Å². The summed E-state index contributed by atoms with van der Waals surface area (Å²) in [5.74, 6) is 0.484. The molecule has 1 aliphatic rings. The Labute approximate surface area is 143 Å². The van der Waals surface area contributed by atoms with E-state index in [1.165, 1.54) is 11.3 Å². The predicted octanol–water partition coefficient (Wildman–Crippen LogP) is 3.94. The molecule has 126 valence electrons. The van der Waals surface area contributed by atoms with Crippen molar-refractivity contribution in [2.75, 3.05) is 18.0 Å². The highest BCUT2D eigenvalue weighted by molar-refractivity contribution is 5.93. The van der Waals surface area contributed by atoms with Gasteiger partial charge in [0.15, 0.2) is 0 Å². The van der Waals surface area contributed by atoms with E-state index in [2.05, 4.69) is 53.3 Å². The first-order valence-electron chi connectivity index (χ1n) is 8.75. The summed E-state index contributed by atoms with van der Waals surface area (Å²) in [5, 5.41) is 2.96. The number of amides is 1. The highest BCUT2D eigenvalue weighted by atomic mass is 16.1. The number of fused-ring (bicyclic) bond motifs is 1. The second-order valence-electron chi connectivity index (χ2n) is 6.72. The van der Waals surface area contributed by atoms with Crippen molar-refractivity contribution in [1.82, 2.24) is 10.3 Å². The number of aromatic nitrogens is 1. The number of para-hydroxylation sites is 1. The number of anilines is 2. The molecule has 1 aromatic heterocycles. The van der Waals surface area contributed by atoms with Gasteiger partial charge < -0.3 is 10.2 Å². The molecule has 1 N–H and O–H groups in total. The molecule has 1 amide bonds. The molecule has 1 aliphatic heterocycles. The zero-order valence-corrected chi connectivity index (χ0v) is 14.5. The fourth-order valence-corrected chi connectivity index (χ4v) is 3.08. The van der Waals surface area contributed by atoms with Gasteiger partial charge in [-0.25, -0.2) is 0 Å². The van der Waals surface area contributed by atoms with E-state index < -0.39 is 0 Å². The van der Waals surface area contributed by atoms with Crippen molar-refractivity contribution >= 4 is 17.3 Å². The van der Waals surface area contributed by atoms with Crippen LogP contribution in [0.4, 0.5) is 11.4 Å². The van der Waals surface area contributed by atoms with Gasteiger partial charge in [-0.3, -0.25) is 9.78 Å². The van der Waals surface area contributed by atoms with Crippen LogP contribution in [0.5, 0.6) is 0 Å². The molecule has 0 saturated carbocycles. The molecule has 0 fully saturated rings. The largest absolute Gasteiger partial charge is 0.351 e. The van der Waals surface area contributed by atoms with E-state index in [-0.39, 0.29) is 5.91 Å². The van der Waals surface area contributed by atoms with E-state index >= 15 is 0 Å². The molecule has 24 heavy (non-hydrogen) atoms. The maximum absolute atomic E-state index is 12.3. The van der Waals surface area contributed by atoms with E-state index in [4.69, 9.17) is 0 Å². The van der Waals surface area contributed by atoms with Crippen LogP contribution in [0.15, 0.2) is 42.6 Å². The highest BCUT2D eigenvalue weighted by Crippen LogP contribution is 2.33. The molecule has 0 bridgehead atoms. The monoisotopic (exact) mass is 323 g/mol. The second kappa shape index (κ2) is 7.47. The van der Waals surface area contributed by atoms with Crippen molar-refractivity contribution in [2.24, 2.45) is 5.92 Å². The van der Waals surface area contributed by atoms with Crippen LogP contribution in [0.25, 0.3) is 0 Å². The molecule has 0 aliphatic carbocycles. The number of benzene rings is 1. The maximum atomic E-state index is 12.3. The SMILES string of the molecule is CC(C)CCNC(=O)c1cc(N2CCCc3ccccc32)ccn1. The van der Waals surface area contributed by atoms with Gasteiger partial charge in [-0.1, -0.05) is 32.0 Å². The quantitative estimate of drug-likeness (QED) is 0.906. The van der Waals surface area contributed by atoms with Crippen LogP contribution in [0.2, 0.25) is 0 Å². The van der Waals surface area contributed by atoms with Crippen molar-refractivity contribution in [3.05, 3.63) is 53.9 Å². The van der Waals surface area contributed by atoms with Crippen molar-refractivity contribution in [3.8, 4) is 0 Å². The molecular formula is C20H25N3O. The summed E-state index contributed by atoms with van der Waals surface area (Å²) in [6, 6.07) is 12.4. The van der Waals surface area contributed by atoms with Crippen LogP contribution in [-0.2, 0) is 6.42 Å². The van der Waals surface area contributed by atoms with Gasteiger partial charge in [0.05, 0.1) is 0 Å². The Morgan fingerprint density at radius 1 is 1.29 bits per heavy atom. The van der Waals surface area contributed by atoms with Gasteiger partial charge in [-0.15, -0.1) is 0 Å². The summed E-state index contributed by atoms with van der Waals surface area (Å²) >= 11 is 0. The summed E-state index contributed by atoms with van der Waals surface area (Å²) in [6.07, 6.45) is 4.93. The van der Waals surface area contributed by atoms with E-state index in [1.807, 2.05) is 12.1 Å². The molecule has 4 nitrogen and oxygen atoms in total. The minimum atomic E-state index is -0.0946. The first-order chi connectivity index (χ1) is 11.6. The molecule has 3 rings (SSSR count). The molecule has 1 aromatic carbocycles. The van der Waals surface area contributed by atoms with Crippen LogP contribution < -0.4 is 10.2 Å². The number of carbonyl (C=O) groups excluding carboxylic acids is 1. The highest BCUT2D eigenvalue weighted by Gasteiger charge is 2.19. The third kappa shape index (κ3) is 3.75. The number of nitrogens with zero attached hydrogens (tertiary/aromatic N) is 2. The Bertz CT molecular complexity index is 712. The number of hydrogen-bond acceptors (Lipinski definition) is 3. The van der Waals surface area contributed by atoms with Gasteiger partial charge in [0.25, 0.3) is 5.91 Å². The normalized spacial score (nSPS) is 13.7. The lowest BCUT2D eigenvalue weighted by molar-refractivity contribution is 0.0947. The first kappa shape index (κ1) is 16.5. The number of aryl methyl sites for hydroxylation is 1. The number of nitrogens with one attached hydrogen (secondary N) is 1. The van der Waals surface area contributed by atoms with E-state index in [1.54, 1.807) is 6.20 Å². The average molecular weight is 323 g/mol. The Morgan fingerprint density at radius 2 is 2.12 bits per heavy atom. The molecule has 0 unspecified atom stereocenters. The molecule has 0 saturated heterocycles. The summed E-state index contributed by atoms with van der Waals surface area (Å²) in [7, 11) is 0.